The molecule has 1 heteroatoms. The van der Waals surface area contributed by atoms with Gasteiger partial charge in [-0.2, -0.15) is 0 Å². The summed E-state index contributed by atoms with van der Waals surface area (Å²) >= 11 is 0. The van der Waals surface area contributed by atoms with E-state index in [4.69, 9.17) is 0 Å². The van der Waals surface area contributed by atoms with E-state index in [1.54, 1.807) is 0 Å². The summed E-state index contributed by atoms with van der Waals surface area (Å²) in [6.45, 7) is 8.28. The quantitative estimate of drug-likeness (QED) is 0.665. The van der Waals surface area contributed by atoms with Crippen molar-refractivity contribution >= 4 is 0 Å². The van der Waals surface area contributed by atoms with E-state index < -0.39 is 0 Å². The van der Waals surface area contributed by atoms with Crippen LogP contribution in [-0.2, 0) is 0 Å². The van der Waals surface area contributed by atoms with E-state index in [-0.39, 0.29) is 0 Å². The highest BCUT2D eigenvalue weighted by Crippen LogP contribution is 2.38. The fourth-order valence-corrected chi connectivity index (χ4v) is 4.79. The Hall–Kier alpha value is -0.0400. The number of hydrogen-bond donors (Lipinski definition) is 1. The molecule has 0 radical (unpaired) electrons. The minimum absolute atomic E-state index is 0.825. The highest BCUT2D eigenvalue weighted by Gasteiger charge is 2.32. The monoisotopic (exact) mass is 279 g/mol. The average Bonchev–Trinajstić information content (AvgIpc) is 2.74. The molecule has 0 spiro atoms. The molecule has 0 bridgehead atoms. The van der Waals surface area contributed by atoms with Crippen LogP contribution in [0.25, 0.3) is 0 Å². The molecule has 0 aromatic carbocycles. The van der Waals surface area contributed by atoms with Crippen molar-refractivity contribution in [3.63, 3.8) is 0 Å². The van der Waals surface area contributed by atoms with Crippen molar-refractivity contribution in [1.29, 1.82) is 0 Å². The van der Waals surface area contributed by atoms with Crippen LogP contribution in [0.1, 0.15) is 85.0 Å². The molecule has 1 nitrogen and oxygen atoms in total. The molecule has 0 aromatic heterocycles. The second-order valence-corrected chi connectivity index (χ2v) is 7.75. The Balaban J connectivity index is 1.91. The molecule has 1 atom stereocenters. The van der Waals surface area contributed by atoms with Crippen molar-refractivity contribution in [3.8, 4) is 0 Å². The van der Waals surface area contributed by atoms with Crippen molar-refractivity contribution in [2.75, 3.05) is 6.54 Å². The van der Waals surface area contributed by atoms with Crippen LogP contribution in [0.15, 0.2) is 0 Å². The average molecular weight is 280 g/mol. The minimum Gasteiger partial charge on any atom is -0.314 e. The van der Waals surface area contributed by atoms with Crippen LogP contribution in [0.3, 0.4) is 0 Å². The molecule has 0 saturated heterocycles. The summed E-state index contributed by atoms with van der Waals surface area (Å²) in [5.41, 5.74) is 0. The summed E-state index contributed by atoms with van der Waals surface area (Å²) < 4.78 is 0. The van der Waals surface area contributed by atoms with Crippen molar-refractivity contribution in [1.82, 2.24) is 5.32 Å². The third kappa shape index (κ3) is 4.48. The summed E-state index contributed by atoms with van der Waals surface area (Å²) in [4.78, 5) is 0. The molecule has 0 aromatic rings. The summed E-state index contributed by atoms with van der Waals surface area (Å²) in [6, 6.07) is 0.825. The molecule has 2 rings (SSSR count). The van der Waals surface area contributed by atoms with Gasteiger partial charge in [0.1, 0.15) is 0 Å². The van der Waals surface area contributed by atoms with Crippen LogP contribution >= 0.6 is 0 Å². The Kier molecular flexibility index (Phi) is 6.87. The molecule has 2 aliphatic carbocycles. The van der Waals surface area contributed by atoms with Gasteiger partial charge in [-0.3, -0.25) is 0 Å². The van der Waals surface area contributed by atoms with Crippen LogP contribution < -0.4 is 5.32 Å². The molecular formula is C19H37N. The Labute approximate surface area is 127 Å². The van der Waals surface area contributed by atoms with E-state index in [9.17, 15) is 0 Å². The van der Waals surface area contributed by atoms with E-state index >= 15 is 0 Å². The van der Waals surface area contributed by atoms with Gasteiger partial charge in [0.2, 0.25) is 0 Å². The molecule has 1 N–H and O–H groups in total. The summed E-state index contributed by atoms with van der Waals surface area (Å²) in [5, 5.41) is 3.89. The van der Waals surface area contributed by atoms with Crippen molar-refractivity contribution in [3.05, 3.63) is 0 Å². The zero-order valence-electron chi connectivity index (χ0n) is 14.2. The lowest BCUT2D eigenvalue weighted by Gasteiger charge is -2.39. The first-order valence-corrected chi connectivity index (χ1v) is 9.45. The smallest absolute Gasteiger partial charge is 0.0123 e. The Bertz CT molecular complexity index is 244. The fraction of sp³-hybridized carbons (Fsp3) is 1.00. The summed E-state index contributed by atoms with van der Waals surface area (Å²) in [7, 11) is 0. The van der Waals surface area contributed by atoms with Gasteiger partial charge in [-0.25, -0.2) is 0 Å². The molecule has 0 aliphatic heterocycles. The third-order valence-corrected chi connectivity index (χ3v) is 6.11. The van der Waals surface area contributed by atoms with E-state index in [0.29, 0.717) is 0 Å². The highest BCUT2D eigenvalue weighted by atomic mass is 14.9. The number of hydrogen-bond acceptors (Lipinski definition) is 1. The highest BCUT2D eigenvalue weighted by molar-refractivity contribution is 4.87. The molecule has 2 fully saturated rings. The Morgan fingerprint density at radius 3 is 1.75 bits per heavy atom. The van der Waals surface area contributed by atoms with Crippen LogP contribution in [-0.4, -0.2) is 12.6 Å². The van der Waals surface area contributed by atoms with Crippen molar-refractivity contribution in [2.24, 2.45) is 23.7 Å². The van der Waals surface area contributed by atoms with E-state index in [2.05, 4.69) is 26.1 Å². The van der Waals surface area contributed by atoms with Crippen LogP contribution in [0, 0.1) is 23.7 Å². The maximum atomic E-state index is 3.89. The molecular weight excluding hydrogens is 242 g/mol. The molecule has 118 valence electrons. The second-order valence-electron chi connectivity index (χ2n) is 7.75. The largest absolute Gasteiger partial charge is 0.314 e. The van der Waals surface area contributed by atoms with Gasteiger partial charge in [0, 0.05) is 6.04 Å². The van der Waals surface area contributed by atoms with Crippen LogP contribution in [0.2, 0.25) is 0 Å². The summed E-state index contributed by atoms with van der Waals surface area (Å²) in [5.74, 6) is 3.83. The fourth-order valence-electron chi connectivity index (χ4n) is 4.79. The molecule has 0 amide bonds. The zero-order chi connectivity index (χ0) is 14.4. The van der Waals surface area contributed by atoms with Gasteiger partial charge < -0.3 is 5.32 Å². The first kappa shape index (κ1) is 16.3. The minimum atomic E-state index is 0.825. The van der Waals surface area contributed by atoms with Gasteiger partial charge in [-0.05, 0) is 68.7 Å². The topological polar surface area (TPSA) is 12.0 Å². The van der Waals surface area contributed by atoms with E-state index in [1.807, 2.05) is 0 Å². The number of nitrogens with one attached hydrogen (secondary N) is 1. The van der Waals surface area contributed by atoms with E-state index in [0.717, 1.165) is 36.3 Å². The van der Waals surface area contributed by atoms with Crippen LogP contribution in [0.4, 0.5) is 0 Å². The molecule has 2 aliphatic rings. The van der Waals surface area contributed by atoms with E-state index in [1.165, 1.54) is 64.2 Å². The number of rotatable bonds is 5. The van der Waals surface area contributed by atoms with Gasteiger partial charge in [0.15, 0.2) is 0 Å². The first-order chi connectivity index (χ1) is 9.72. The maximum Gasteiger partial charge on any atom is 0.0123 e. The predicted octanol–water partition coefficient (Wildman–Crippen LogP) is 5.40. The van der Waals surface area contributed by atoms with Crippen LogP contribution in [0.5, 0.6) is 0 Å². The normalized spacial score (nSPS) is 31.2. The van der Waals surface area contributed by atoms with Gasteiger partial charge in [-0.1, -0.05) is 46.5 Å². The lowest BCUT2D eigenvalue weighted by Crippen LogP contribution is -2.43. The van der Waals surface area contributed by atoms with Gasteiger partial charge in [0.25, 0.3) is 0 Å². The van der Waals surface area contributed by atoms with Gasteiger partial charge in [-0.15, -0.1) is 0 Å². The lowest BCUT2D eigenvalue weighted by atomic mass is 9.71. The zero-order valence-corrected chi connectivity index (χ0v) is 14.2. The second kappa shape index (κ2) is 8.41. The molecule has 2 saturated carbocycles. The third-order valence-electron chi connectivity index (χ3n) is 6.11. The predicted molar refractivity (Wildman–Crippen MR) is 88.9 cm³/mol. The van der Waals surface area contributed by atoms with Crippen molar-refractivity contribution in [2.45, 2.75) is 91.0 Å². The molecule has 0 heterocycles. The Morgan fingerprint density at radius 2 is 1.25 bits per heavy atom. The molecule has 1 unspecified atom stereocenters. The standard InChI is InChI=1S/C19H37N/c1-4-20-19(17-9-7-5-6-8-10-17)18-13-11-16(12-14-18)15(2)3/h15-20H,4-14H2,1-3H3. The molecule has 20 heavy (non-hydrogen) atoms. The SMILES string of the molecule is CCNC(C1CCCCCC1)C1CCC(C(C)C)CC1. The maximum absolute atomic E-state index is 3.89. The van der Waals surface area contributed by atoms with Gasteiger partial charge in [0.05, 0.1) is 0 Å². The van der Waals surface area contributed by atoms with Gasteiger partial charge >= 0.3 is 0 Å². The van der Waals surface area contributed by atoms with Crippen molar-refractivity contribution < 1.29 is 0 Å². The lowest BCUT2D eigenvalue weighted by molar-refractivity contribution is 0.150. The summed E-state index contributed by atoms with van der Waals surface area (Å²) in [6.07, 6.45) is 14.8. The first-order valence-electron chi connectivity index (χ1n) is 9.45. The Morgan fingerprint density at radius 1 is 0.750 bits per heavy atom.